The lowest BCUT2D eigenvalue weighted by Gasteiger charge is -2.33. The molecule has 0 aromatic heterocycles. The Hall–Kier alpha value is -1.93. The van der Waals surface area contributed by atoms with E-state index in [1.807, 2.05) is 18.2 Å². The van der Waals surface area contributed by atoms with Gasteiger partial charge in [-0.2, -0.15) is 0 Å². The maximum Gasteiger partial charge on any atom is 0.240 e. The predicted octanol–water partition coefficient (Wildman–Crippen LogP) is 1.87. The predicted molar refractivity (Wildman–Crippen MR) is 99.6 cm³/mol. The summed E-state index contributed by atoms with van der Waals surface area (Å²) in [6.07, 6.45) is -0.166. The lowest BCUT2D eigenvalue weighted by molar-refractivity contribution is -0.0276. The first-order valence-electron chi connectivity index (χ1n) is 8.58. The maximum atomic E-state index is 12.4. The number of hydrogen-bond acceptors (Lipinski definition) is 5. The SMILES string of the molecule is COc1ccc(S(=O)(=O)NCC2CN(Cc3ccccc3)CCO2)cc1. The molecule has 2 aromatic carbocycles. The standard InChI is InChI=1S/C19H24N2O4S/c1-24-17-7-9-19(10-8-17)26(22,23)20-13-18-15-21(11-12-25-18)14-16-5-3-2-4-6-16/h2-10,18,20H,11-15H2,1H3. The van der Waals surface area contributed by atoms with Crippen molar-refractivity contribution in [3.8, 4) is 5.75 Å². The average Bonchev–Trinajstić information content (AvgIpc) is 2.68. The summed E-state index contributed by atoms with van der Waals surface area (Å²) in [4.78, 5) is 2.50. The number of morpholine rings is 1. The summed E-state index contributed by atoms with van der Waals surface area (Å²) >= 11 is 0. The number of benzene rings is 2. The number of nitrogens with one attached hydrogen (secondary N) is 1. The molecule has 1 aliphatic rings. The van der Waals surface area contributed by atoms with Crippen molar-refractivity contribution in [1.82, 2.24) is 9.62 Å². The fraction of sp³-hybridized carbons (Fsp3) is 0.368. The molecule has 1 unspecified atom stereocenters. The van der Waals surface area contributed by atoms with Crippen LogP contribution in [0.15, 0.2) is 59.5 Å². The van der Waals surface area contributed by atoms with E-state index in [0.717, 1.165) is 13.1 Å². The molecule has 1 saturated heterocycles. The lowest BCUT2D eigenvalue weighted by Crippen LogP contribution is -2.47. The van der Waals surface area contributed by atoms with Crippen molar-refractivity contribution >= 4 is 10.0 Å². The molecule has 26 heavy (non-hydrogen) atoms. The topological polar surface area (TPSA) is 67.9 Å². The van der Waals surface area contributed by atoms with Crippen LogP contribution >= 0.6 is 0 Å². The van der Waals surface area contributed by atoms with E-state index in [-0.39, 0.29) is 17.5 Å². The lowest BCUT2D eigenvalue weighted by atomic mass is 10.2. The minimum atomic E-state index is -3.57. The minimum absolute atomic E-state index is 0.166. The highest BCUT2D eigenvalue weighted by molar-refractivity contribution is 7.89. The molecule has 0 spiro atoms. The van der Waals surface area contributed by atoms with Crippen LogP contribution in [0.25, 0.3) is 0 Å². The van der Waals surface area contributed by atoms with Crippen LogP contribution < -0.4 is 9.46 Å². The molecule has 2 aromatic rings. The molecule has 140 valence electrons. The monoisotopic (exact) mass is 376 g/mol. The van der Waals surface area contributed by atoms with Crippen molar-refractivity contribution in [3.05, 3.63) is 60.2 Å². The van der Waals surface area contributed by atoms with Crippen LogP contribution in [0.3, 0.4) is 0 Å². The molecule has 0 radical (unpaired) electrons. The van der Waals surface area contributed by atoms with Crippen LogP contribution in [-0.2, 0) is 21.3 Å². The fourth-order valence-corrected chi connectivity index (χ4v) is 4.00. The molecule has 1 heterocycles. The van der Waals surface area contributed by atoms with Crippen LogP contribution in [0.2, 0.25) is 0 Å². The Balaban J connectivity index is 1.54. The highest BCUT2D eigenvalue weighted by atomic mass is 32.2. The number of hydrogen-bond donors (Lipinski definition) is 1. The van der Waals surface area contributed by atoms with Gasteiger partial charge in [0.05, 0.1) is 24.7 Å². The third-order valence-corrected chi connectivity index (χ3v) is 5.78. The van der Waals surface area contributed by atoms with Gasteiger partial charge in [0, 0.05) is 26.2 Å². The van der Waals surface area contributed by atoms with Gasteiger partial charge in [0.25, 0.3) is 0 Å². The molecular formula is C19H24N2O4S. The quantitative estimate of drug-likeness (QED) is 0.799. The molecule has 3 rings (SSSR count). The van der Waals surface area contributed by atoms with Gasteiger partial charge >= 0.3 is 0 Å². The summed E-state index contributed by atoms with van der Waals surface area (Å²) in [7, 11) is -2.02. The van der Waals surface area contributed by atoms with E-state index in [0.29, 0.717) is 18.9 Å². The highest BCUT2D eigenvalue weighted by Gasteiger charge is 2.23. The zero-order valence-electron chi connectivity index (χ0n) is 14.8. The first kappa shape index (κ1) is 18.8. The average molecular weight is 376 g/mol. The van der Waals surface area contributed by atoms with E-state index in [1.165, 1.54) is 17.7 Å². The van der Waals surface area contributed by atoms with E-state index < -0.39 is 10.0 Å². The second-order valence-corrected chi connectivity index (χ2v) is 8.01. The van der Waals surface area contributed by atoms with Crippen LogP contribution in [0.1, 0.15) is 5.56 Å². The summed E-state index contributed by atoms with van der Waals surface area (Å²) in [6, 6.07) is 16.6. The normalized spacial score (nSPS) is 18.6. The van der Waals surface area contributed by atoms with Gasteiger partial charge < -0.3 is 9.47 Å². The first-order valence-corrected chi connectivity index (χ1v) is 10.1. The molecular weight excluding hydrogens is 352 g/mol. The van der Waals surface area contributed by atoms with E-state index in [9.17, 15) is 8.42 Å². The zero-order valence-corrected chi connectivity index (χ0v) is 15.6. The highest BCUT2D eigenvalue weighted by Crippen LogP contribution is 2.16. The summed E-state index contributed by atoms with van der Waals surface area (Å²) in [5.74, 6) is 0.621. The van der Waals surface area contributed by atoms with Crippen LogP contribution in [0.4, 0.5) is 0 Å². The Morgan fingerprint density at radius 1 is 1.15 bits per heavy atom. The summed E-state index contributed by atoms with van der Waals surface area (Å²) in [5, 5.41) is 0. The largest absolute Gasteiger partial charge is 0.497 e. The molecule has 0 bridgehead atoms. The van der Waals surface area contributed by atoms with E-state index in [1.54, 1.807) is 19.2 Å². The van der Waals surface area contributed by atoms with Crippen LogP contribution in [0.5, 0.6) is 5.75 Å². The van der Waals surface area contributed by atoms with Crippen molar-refractivity contribution in [1.29, 1.82) is 0 Å². The van der Waals surface area contributed by atoms with E-state index in [2.05, 4.69) is 21.8 Å². The van der Waals surface area contributed by atoms with Gasteiger partial charge in [-0.1, -0.05) is 30.3 Å². The van der Waals surface area contributed by atoms with Crippen molar-refractivity contribution in [2.24, 2.45) is 0 Å². The molecule has 1 atom stereocenters. The van der Waals surface area contributed by atoms with Crippen molar-refractivity contribution < 1.29 is 17.9 Å². The Labute approximate surface area is 154 Å². The number of methoxy groups -OCH3 is 1. The zero-order chi connectivity index (χ0) is 18.4. The van der Waals surface area contributed by atoms with Gasteiger partial charge in [-0.05, 0) is 29.8 Å². The molecule has 7 heteroatoms. The summed E-state index contributed by atoms with van der Waals surface area (Å²) < 4.78 is 38.3. The summed E-state index contributed by atoms with van der Waals surface area (Å²) in [5.41, 5.74) is 1.24. The van der Waals surface area contributed by atoms with Gasteiger partial charge in [0.15, 0.2) is 0 Å². The Morgan fingerprint density at radius 3 is 2.58 bits per heavy atom. The molecule has 1 N–H and O–H groups in total. The Morgan fingerprint density at radius 2 is 1.88 bits per heavy atom. The van der Waals surface area contributed by atoms with Crippen molar-refractivity contribution in [2.75, 3.05) is 33.4 Å². The molecule has 1 fully saturated rings. The minimum Gasteiger partial charge on any atom is -0.497 e. The van der Waals surface area contributed by atoms with Gasteiger partial charge in [-0.3, -0.25) is 4.90 Å². The molecule has 6 nitrogen and oxygen atoms in total. The van der Waals surface area contributed by atoms with Gasteiger partial charge in [-0.15, -0.1) is 0 Å². The van der Waals surface area contributed by atoms with Gasteiger partial charge in [0.2, 0.25) is 10.0 Å². The maximum absolute atomic E-state index is 12.4. The van der Waals surface area contributed by atoms with Crippen molar-refractivity contribution in [3.63, 3.8) is 0 Å². The first-order chi connectivity index (χ1) is 12.6. The second kappa shape index (κ2) is 8.64. The second-order valence-electron chi connectivity index (χ2n) is 6.24. The number of ether oxygens (including phenoxy) is 2. The van der Waals surface area contributed by atoms with Gasteiger partial charge in [0.1, 0.15) is 5.75 Å². The van der Waals surface area contributed by atoms with E-state index in [4.69, 9.17) is 9.47 Å². The Kier molecular flexibility index (Phi) is 6.26. The smallest absolute Gasteiger partial charge is 0.240 e. The molecule has 0 saturated carbocycles. The van der Waals surface area contributed by atoms with E-state index >= 15 is 0 Å². The number of nitrogens with zero attached hydrogens (tertiary/aromatic N) is 1. The molecule has 0 amide bonds. The molecule has 0 aliphatic carbocycles. The third kappa shape index (κ3) is 5.04. The van der Waals surface area contributed by atoms with Crippen LogP contribution in [-0.4, -0.2) is 52.8 Å². The number of sulfonamides is 1. The Bertz CT molecular complexity index is 794. The third-order valence-electron chi connectivity index (χ3n) is 4.34. The van der Waals surface area contributed by atoms with Crippen molar-refractivity contribution in [2.45, 2.75) is 17.5 Å². The number of rotatable bonds is 7. The fourth-order valence-electron chi connectivity index (χ4n) is 2.93. The summed E-state index contributed by atoms with van der Waals surface area (Å²) in [6.45, 7) is 3.23. The molecule has 1 aliphatic heterocycles. The van der Waals surface area contributed by atoms with Crippen LogP contribution in [0, 0.1) is 0 Å². The van der Waals surface area contributed by atoms with Gasteiger partial charge in [-0.25, -0.2) is 13.1 Å².